The molecule has 3 aromatic rings. The minimum absolute atomic E-state index is 0.159. The van der Waals surface area contributed by atoms with E-state index in [1.54, 1.807) is 12.1 Å². The van der Waals surface area contributed by atoms with Crippen molar-refractivity contribution in [3.8, 4) is 0 Å². The van der Waals surface area contributed by atoms with Crippen LogP contribution < -0.4 is 5.32 Å². The molecule has 3 rings (SSSR count). The van der Waals surface area contributed by atoms with Gasteiger partial charge in [-0.15, -0.1) is 0 Å². The molecule has 1 heterocycles. The summed E-state index contributed by atoms with van der Waals surface area (Å²) >= 11 is 8.06. The van der Waals surface area contributed by atoms with E-state index < -0.39 is 5.97 Å². The molecular weight excluding hydrogens is 407 g/mol. The Morgan fingerprint density at radius 2 is 2.10 bits per heavy atom. The van der Waals surface area contributed by atoms with E-state index in [0.717, 1.165) is 9.26 Å². The summed E-state index contributed by atoms with van der Waals surface area (Å²) in [6, 6.07) is 10.2. The molecule has 21 heavy (non-hydrogen) atoms. The van der Waals surface area contributed by atoms with Crippen molar-refractivity contribution in [2.45, 2.75) is 0 Å². The van der Waals surface area contributed by atoms with E-state index in [2.05, 4.69) is 32.9 Å². The molecule has 0 saturated heterocycles. The molecule has 0 fully saturated rings. The van der Waals surface area contributed by atoms with Crippen molar-refractivity contribution in [2.75, 3.05) is 5.32 Å². The van der Waals surface area contributed by atoms with Crippen molar-refractivity contribution in [3.05, 3.63) is 50.6 Å². The number of aromatic carboxylic acids is 1. The number of hydrogen-bond donors (Lipinski definition) is 2. The standard InChI is InChI=1S/C14H8ClIN2O3/c15-8-2-4-10(9(16)6-8)17-14-18-11-3-1-7(13(19)20)5-12(11)21-14/h1-6H,(H,17,18)(H,19,20). The smallest absolute Gasteiger partial charge is 0.335 e. The van der Waals surface area contributed by atoms with Gasteiger partial charge in [-0.25, -0.2) is 4.79 Å². The minimum Gasteiger partial charge on any atom is -0.478 e. The van der Waals surface area contributed by atoms with Gasteiger partial charge in [0.2, 0.25) is 0 Å². The lowest BCUT2D eigenvalue weighted by molar-refractivity contribution is 0.0697. The number of carboxylic acids is 1. The Labute approximate surface area is 138 Å². The molecular formula is C14H8ClIN2O3. The monoisotopic (exact) mass is 414 g/mol. The van der Waals surface area contributed by atoms with Crippen molar-refractivity contribution in [2.24, 2.45) is 0 Å². The molecule has 2 N–H and O–H groups in total. The summed E-state index contributed by atoms with van der Waals surface area (Å²) in [6.45, 7) is 0. The summed E-state index contributed by atoms with van der Waals surface area (Å²) in [5, 5.41) is 12.7. The first kappa shape index (κ1) is 14.2. The molecule has 0 amide bonds. The lowest BCUT2D eigenvalue weighted by Gasteiger charge is -2.04. The van der Waals surface area contributed by atoms with Gasteiger partial charge in [-0.1, -0.05) is 11.6 Å². The summed E-state index contributed by atoms with van der Waals surface area (Å²) in [5.74, 6) is -1.00. The number of aromatic nitrogens is 1. The molecule has 0 aliphatic carbocycles. The third-order valence-electron chi connectivity index (χ3n) is 2.81. The molecule has 0 bridgehead atoms. The number of rotatable bonds is 3. The lowest BCUT2D eigenvalue weighted by Crippen LogP contribution is -1.94. The number of benzene rings is 2. The van der Waals surface area contributed by atoms with E-state index in [9.17, 15) is 4.79 Å². The molecule has 0 aliphatic rings. The van der Waals surface area contributed by atoms with Crippen LogP contribution in [0.3, 0.4) is 0 Å². The fraction of sp³-hybridized carbons (Fsp3) is 0. The molecule has 0 saturated carbocycles. The Hall–Kier alpha value is -1.80. The summed E-state index contributed by atoms with van der Waals surface area (Å²) < 4.78 is 6.45. The van der Waals surface area contributed by atoms with Crippen LogP contribution in [-0.2, 0) is 0 Å². The van der Waals surface area contributed by atoms with Gasteiger partial charge in [0.15, 0.2) is 5.58 Å². The number of hydrogen-bond acceptors (Lipinski definition) is 4. The van der Waals surface area contributed by atoms with E-state index >= 15 is 0 Å². The van der Waals surface area contributed by atoms with Crippen LogP contribution in [-0.4, -0.2) is 16.1 Å². The van der Waals surface area contributed by atoms with E-state index in [0.29, 0.717) is 22.1 Å². The number of anilines is 2. The van der Waals surface area contributed by atoms with Crippen molar-refractivity contribution in [3.63, 3.8) is 0 Å². The van der Waals surface area contributed by atoms with Gasteiger partial charge in [0.25, 0.3) is 6.01 Å². The average molecular weight is 415 g/mol. The number of fused-ring (bicyclic) bond motifs is 1. The normalized spacial score (nSPS) is 10.8. The molecule has 106 valence electrons. The van der Waals surface area contributed by atoms with Crippen molar-refractivity contribution >= 4 is 63.0 Å². The Morgan fingerprint density at radius 1 is 1.29 bits per heavy atom. The van der Waals surface area contributed by atoms with Crippen LogP contribution in [0, 0.1) is 3.57 Å². The van der Waals surface area contributed by atoms with Crippen molar-refractivity contribution in [1.29, 1.82) is 0 Å². The van der Waals surface area contributed by atoms with Crippen LogP contribution in [0.1, 0.15) is 10.4 Å². The van der Waals surface area contributed by atoms with Crippen LogP contribution >= 0.6 is 34.2 Å². The van der Waals surface area contributed by atoms with E-state index in [4.69, 9.17) is 21.1 Å². The number of carbonyl (C=O) groups is 1. The third-order valence-corrected chi connectivity index (χ3v) is 3.94. The Balaban J connectivity index is 1.95. The first-order chi connectivity index (χ1) is 10.0. The van der Waals surface area contributed by atoms with Gasteiger partial charge >= 0.3 is 5.97 Å². The van der Waals surface area contributed by atoms with Crippen LogP contribution in [0.2, 0.25) is 5.02 Å². The highest BCUT2D eigenvalue weighted by Gasteiger charge is 2.11. The zero-order chi connectivity index (χ0) is 15.0. The summed E-state index contributed by atoms with van der Waals surface area (Å²) in [7, 11) is 0. The zero-order valence-corrected chi connectivity index (χ0v) is 13.3. The maximum absolute atomic E-state index is 10.9. The van der Waals surface area contributed by atoms with Crippen molar-refractivity contribution in [1.82, 2.24) is 4.98 Å². The summed E-state index contributed by atoms with van der Waals surface area (Å²) in [4.78, 5) is 15.2. The number of nitrogens with zero attached hydrogens (tertiary/aromatic N) is 1. The van der Waals surface area contributed by atoms with Gasteiger partial charge < -0.3 is 14.8 Å². The largest absolute Gasteiger partial charge is 0.478 e. The maximum atomic E-state index is 10.9. The fourth-order valence-electron chi connectivity index (χ4n) is 1.82. The van der Waals surface area contributed by atoms with Gasteiger partial charge in [0, 0.05) is 8.59 Å². The summed E-state index contributed by atoms with van der Waals surface area (Å²) in [6.07, 6.45) is 0. The highest BCUT2D eigenvalue weighted by atomic mass is 127. The SMILES string of the molecule is O=C(O)c1ccc2nc(Nc3ccc(Cl)cc3I)oc2c1. The van der Waals surface area contributed by atoms with Crippen LogP contribution in [0.5, 0.6) is 0 Å². The topological polar surface area (TPSA) is 75.4 Å². The second-order valence-electron chi connectivity index (χ2n) is 4.26. The predicted octanol–water partition coefficient (Wildman–Crippen LogP) is 4.53. The number of oxazole rings is 1. The molecule has 7 heteroatoms. The van der Waals surface area contributed by atoms with Crippen LogP contribution in [0.15, 0.2) is 40.8 Å². The number of halogens is 2. The van der Waals surface area contributed by atoms with Gasteiger partial charge in [0.1, 0.15) is 5.52 Å². The van der Waals surface area contributed by atoms with Crippen molar-refractivity contribution < 1.29 is 14.3 Å². The zero-order valence-electron chi connectivity index (χ0n) is 10.4. The first-order valence-corrected chi connectivity index (χ1v) is 7.34. The van der Waals surface area contributed by atoms with E-state index in [-0.39, 0.29) is 5.56 Å². The molecule has 1 aromatic heterocycles. The molecule has 0 radical (unpaired) electrons. The quantitative estimate of drug-likeness (QED) is 0.616. The molecule has 0 atom stereocenters. The van der Waals surface area contributed by atoms with E-state index in [1.165, 1.54) is 12.1 Å². The highest BCUT2D eigenvalue weighted by Crippen LogP contribution is 2.27. The molecule has 0 aliphatic heterocycles. The first-order valence-electron chi connectivity index (χ1n) is 5.89. The van der Waals surface area contributed by atoms with E-state index in [1.807, 2.05) is 12.1 Å². The molecule has 2 aromatic carbocycles. The second kappa shape index (κ2) is 5.53. The van der Waals surface area contributed by atoms with Gasteiger partial charge in [-0.3, -0.25) is 0 Å². The average Bonchev–Trinajstić information content (AvgIpc) is 2.83. The fourth-order valence-corrected chi connectivity index (χ4v) is 2.82. The lowest BCUT2D eigenvalue weighted by atomic mass is 10.2. The second-order valence-corrected chi connectivity index (χ2v) is 5.85. The molecule has 0 spiro atoms. The maximum Gasteiger partial charge on any atom is 0.335 e. The van der Waals surface area contributed by atoms with Crippen LogP contribution in [0.4, 0.5) is 11.7 Å². The minimum atomic E-state index is -1.00. The molecule has 5 nitrogen and oxygen atoms in total. The third kappa shape index (κ3) is 2.96. The number of carboxylic acid groups (broad SMARTS) is 1. The molecule has 0 unspecified atom stereocenters. The summed E-state index contributed by atoms with van der Waals surface area (Å²) in [5.41, 5.74) is 1.98. The van der Waals surface area contributed by atoms with Gasteiger partial charge in [-0.2, -0.15) is 4.98 Å². The predicted molar refractivity (Wildman–Crippen MR) is 88.4 cm³/mol. The number of nitrogens with one attached hydrogen (secondary N) is 1. The van der Waals surface area contributed by atoms with Gasteiger partial charge in [-0.05, 0) is 59.0 Å². The van der Waals surface area contributed by atoms with Gasteiger partial charge in [0.05, 0.1) is 11.3 Å². The van der Waals surface area contributed by atoms with Crippen LogP contribution in [0.25, 0.3) is 11.1 Å². The Kier molecular flexibility index (Phi) is 3.73. The highest BCUT2D eigenvalue weighted by molar-refractivity contribution is 14.1. The Morgan fingerprint density at radius 3 is 2.81 bits per heavy atom. The Bertz CT molecular complexity index is 847.